The summed E-state index contributed by atoms with van der Waals surface area (Å²) in [5, 5.41) is 11.7. The van der Waals surface area contributed by atoms with Crippen LogP contribution < -0.4 is 0 Å². The summed E-state index contributed by atoms with van der Waals surface area (Å²) < 4.78 is 0. The number of pyridine rings is 1. The molecule has 68 valence electrons. The monoisotopic (exact) mass is 176 g/mol. The zero-order valence-corrected chi connectivity index (χ0v) is 7.51. The van der Waals surface area contributed by atoms with E-state index in [2.05, 4.69) is 10.1 Å². The summed E-state index contributed by atoms with van der Waals surface area (Å²) in [6, 6.07) is 3.78. The molecule has 1 aromatic rings. The lowest BCUT2D eigenvalue weighted by molar-refractivity contribution is 0.318. The highest BCUT2D eigenvalue weighted by Crippen LogP contribution is 2.00. The van der Waals surface area contributed by atoms with Crippen LogP contribution in [0.2, 0.25) is 0 Å². The van der Waals surface area contributed by atoms with E-state index < -0.39 is 0 Å². The summed E-state index contributed by atoms with van der Waals surface area (Å²) in [5.74, 6) is 0. The van der Waals surface area contributed by atoms with E-state index >= 15 is 0 Å². The lowest BCUT2D eigenvalue weighted by Gasteiger charge is -1.92. The van der Waals surface area contributed by atoms with Crippen molar-refractivity contribution < 1.29 is 5.21 Å². The summed E-state index contributed by atoms with van der Waals surface area (Å²) in [6.45, 7) is 1.94. The number of nitrogens with zero attached hydrogens (tertiary/aromatic N) is 2. The van der Waals surface area contributed by atoms with Gasteiger partial charge in [0.2, 0.25) is 0 Å². The number of rotatable bonds is 3. The summed E-state index contributed by atoms with van der Waals surface area (Å²) in [6.07, 6.45) is 7.84. The molecule has 13 heavy (non-hydrogen) atoms. The van der Waals surface area contributed by atoms with Crippen LogP contribution in [-0.2, 0) is 0 Å². The van der Waals surface area contributed by atoms with Crippen LogP contribution in [0.4, 0.5) is 0 Å². The van der Waals surface area contributed by atoms with Crippen LogP contribution in [-0.4, -0.2) is 15.9 Å². The van der Waals surface area contributed by atoms with Crippen molar-refractivity contribution in [3.63, 3.8) is 0 Å². The molecule has 3 heteroatoms. The Balaban J connectivity index is 2.69. The quantitative estimate of drug-likeness (QED) is 0.436. The van der Waals surface area contributed by atoms with E-state index in [0.29, 0.717) is 5.71 Å². The number of oxime groups is 1. The normalized spacial score (nSPS) is 12.2. The van der Waals surface area contributed by atoms with Gasteiger partial charge < -0.3 is 5.21 Å². The van der Waals surface area contributed by atoms with E-state index in [1.807, 2.05) is 25.1 Å². The predicted molar refractivity (Wildman–Crippen MR) is 52.8 cm³/mol. The highest BCUT2D eigenvalue weighted by atomic mass is 16.4. The van der Waals surface area contributed by atoms with Crippen LogP contribution in [0.5, 0.6) is 0 Å². The van der Waals surface area contributed by atoms with Crippen LogP contribution >= 0.6 is 0 Å². The first-order chi connectivity index (χ1) is 6.36. The first kappa shape index (κ1) is 9.45. The maximum absolute atomic E-state index is 8.53. The van der Waals surface area contributed by atoms with E-state index in [-0.39, 0.29) is 0 Å². The number of allylic oxidation sites excluding steroid dienone is 1. The van der Waals surface area contributed by atoms with Crippen molar-refractivity contribution in [3.05, 3.63) is 36.2 Å². The highest BCUT2D eigenvalue weighted by Gasteiger charge is 1.89. The highest BCUT2D eigenvalue weighted by molar-refractivity contribution is 5.97. The molecular weight excluding hydrogens is 164 g/mol. The molecule has 0 radical (unpaired) electrons. The van der Waals surface area contributed by atoms with Crippen molar-refractivity contribution in [1.29, 1.82) is 0 Å². The Labute approximate surface area is 77.4 Å². The average molecular weight is 176 g/mol. The summed E-state index contributed by atoms with van der Waals surface area (Å²) in [5.41, 5.74) is 1.71. The van der Waals surface area contributed by atoms with E-state index in [0.717, 1.165) is 12.0 Å². The van der Waals surface area contributed by atoms with E-state index in [1.165, 1.54) is 0 Å². The third-order valence-corrected chi connectivity index (χ3v) is 1.66. The molecule has 0 saturated carbocycles. The van der Waals surface area contributed by atoms with Crippen LogP contribution in [0.1, 0.15) is 18.9 Å². The van der Waals surface area contributed by atoms with Gasteiger partial charge in [-0.15, -0.1) is 0 Å². The minimum Gasteiger partial charge on any atom is -0.411 e. The van der Waals surface area contributed by atoms with Crippen LogP contribution in [0.25, 0.3) is 6.08 Å². The smallest absolute Gasteiger partial charge is 0.0793 e. The van der Waals surface area contributed by atoms with E-state index in [1.54, 1.807) is 18.5 Å². The molecule has 0 aliphatic rings. The Hall–Kier alpha value is -1.64. The van der Waals surface area contributed by atoms with Gasteiger partial charge in [0, 0.05) is 12.4 Å². The van der Waals surface area contributed by atoms with Crippen LogP contribution in [0.3, 0.4) is 0 Å². The molecular formula is C10H12N2O. The fourth-order valence-electron chi connectivity index (χ4n) is 0.889. The molecule has 1 rings (SSSR count). The van der Waals surface area contributed by atoms with Gasteiger partial charge >= 0.3 is 0 Å². The number of aromatic nitrogens is 1. The lowest BCUT2D eigenvalue weighted by Crippen LogP contribution is -1.88. The van der Waals surface area contributed by atoms with Gasteiger partial charge in [-0.2, -0.15) is 0 Å². The van der Waals surface area contributed by atoms with Crippen LogP contribution in [0, 0.1) is 0 Å². The van der Waals surface area contributed by atoms with Gasteiger partial charge in [-0.1, -0.05) is 18.2 Å². The Morgan fingerprint density at radius 2 is 2.23 bits per heavy atom. The van der Waals surface area contributed by atoms with Crippen molar-refractivity contribution in [1.82, 2.24) is 4.98 Å². The zero-order chi connectivity index (χ0) is 9.52. The van der Waals surface area contributed by atoms with Crippen molar-refractivity contribution in [2.24, 2.45) is 5.16 Å². The van der Waals surface area contributed by atoms with Gasteiger partial charge in [-0.05, 0) is 30.2 Å². The summed E-state index contributed by atoms with van der Waals surface area (Å²) in [7, 11) is 0. The van der Waals surface area contributed by atoms with Crippen molar-refractivity contribution in [2.75, 3.05) is 0 Å². The third kappa shape index (κ3) is 3.07. The van der Waals surface area contributed by atoms with Gasteiger partial charge in [-0.3, -0.25) is 4.98 Å². The standard InChI is InChI=1S/C10H12N2O/c1-2-10(12-13)4-3-9-5-7-11-8-6-9/h3-8,13H,2H2,1H3. The molecule has 0 fully saturated rings. The van der Waals surface area contributed by atoms with Crippen molar-refractivity contribution >= 4 is 11.8 Å². The largest absolute Gasteiger partial charge is 0.411 e. The second kappa shape index (κ2) is 5.09. The van der Waals surface area contributed by atoms with Gasteiger partial charge in [0.15, 0.2) is 0 Å². The first-order valence-electron chi connectivity index (χ1n) is 4.16. The second-order valence-electron chi connectivity index (χ2n) is 2.56. The Morgan fingerprint density at radius 1 is 1.54 bits per heavy atom. The molecule has 0 atom stereocenters. The molecule has 0 unspecified atom stereocenters. The zero-order valence-electron chi connectivity index (χ0n) is 7.51. The summed E-state index contributed by atoms with van der Waals surface area (Å²) >= 11 is 0. The molecule has 0 aliphatic heterocycles. The van der Waals surface area contributed by atoms with Gasteiger partial charge in [0.25, 0.3) is 0 Å². The topological polar surface area (TPSA) is 45.5 Å². The molecule has 1 heterocycles. The molecule has 0 amide bonds. The van der Waals surface area contributed by atoms with Gasteiger partial charge in [-0.25, -0.2) is 0 Å². The van der Waals surface area contributed by atoms with Crippen molar-refractivity contribution in [3.8, 4) is 0 Å². The molecule has 0 saturated heterocycles. The number of hydrogen-bond acceptors (Lipinski definition) is 3. The molecule has 0 aromatic carbocycles. The predicted octanol–water partition coefficient (Wildman–Crippen LogP) is 2.33. The molecule has 0 spiro atoms. The molecule has 1 aromatic heterocycles. The fourth-order valence-corrected chi connectivity index (χ4v) is 0.889. The SMILES string of the molecule is CCC(C=Cc1ccncc1)=NO. The van der Waals surface area contributed by atoms with Gasteiger partial charge in [0.05, 0.1) is 5.71 Å². The minimum atomic E-state index is 0.664. The van der Waals surface area contributed by atoms with Crippen LogP contribution in [0.15, 0.2) is 35.8 Å². The third-order valence-electron chi connectivity index (χ3n) is 1.66. The number of hydrogen-bond donors (Lipinski definition) is 1. The molecule has 0 bridgehead atoms. The maximum atomic E-state index is 8.53. The minimum absolute atomic E-state index is 0.664. The lowest BCUT2D eigenvalue weighted by atomic mass is 10.2. The van der Waals surface area contributed by atoms with Crippen molar-refractivity contribution in [2.45, 2.75) is 13.3 Å². The van der Waals surface area contributed by atoms with E-state index in [4.69, 9.17) is 5.21 Å². The van der Waals surface area contributed by atoms with E-state index in [9.17, 15) is 0 Å². The molecule has 0 aliphatic carbocycles. The maximum Gasteiger partial charge on any atom is 0.0793 e. The average Bonchev–Trinajstić information content (AvgIpc) is 2.21. The molecule has 1 N–H and O–H groups in total. The Kier molecular flexibility index (Phi) is 3.70. The first-order valence-corrected chi connectivity index (χ1v) is 4.16. The Morgan fingerprint density at radius 3 is 2.77 bits per heavy atom. The summed E-state index contributed by atoms with van der Waals surface area (Å²) in [4.78, 5) is 3.90. The van der Waals surface area contributed by atoms with Gasteiger partial charge in [0.1, 0.15) is 0 Å². The second-order valence-corrected chi connectivity index (χ2v) is 2.56. The fraction of sp³-hybridized carbons (Fsp3) is 0.200. The molecule has 3 nitrogen and oxygen atoms in total. The Bertz CT molecular complexity index is 304.